The van der Waals surface area contributed by atoms with E-state index in [-0.39, 0.29) is 18.5 Å². The van der Waals surface area contributed by atoms with Crippen molar-refractivity contribution in [3.63, 3.8) is 0 Å². The lowest BCUT2D eigenvalue weighted by atomic mass is 10.1. The van der Waals surface area contributed by atoms with E-state index in [1.54, 1.807) is 4.90 Å². The average Bonchev–Trinajstić information content (AvgIpc) is 2.70. The van der Waals surface area contributed by atoms with Gasteiger partial charge in [-0.15, -0.1) is 0 Å². The SMILES string of the molecule is CC(C)N(CCCC(=O)O)C(=O)N(C)C1CCCCCC1. The lowest BCUT2D eigenvalue weighted by molar-refractivity contribution is -0.137. The lowest BCUT2D eigenvalue weighted by Gasteiger charge is -2.35. The summed E-state index contributed by atoms with van der Waals surface area (Å²) in [5.41, 5.74) is 0. The normalized spacial score (nSPS) is 16.6. The van der Waals surface area contributed by atoms with Crippen LogP contribution in [0.15, 0.2) is 0 Å². The third kappa shape index (κ3) is 5.94. The zero-order chi connectivity index (χ0) is 15.8. The molecule has 1 rings (SSSR count). The zero-order valence-corrected chi connectivity index (χ0v) is 13.7. The molecule has 1 fully saturated rings. The molecule has 122 valence electrons. The second-order valence-corrected chi connectivity index (χ2v) is 6.32. The summed E-state index contributed by atoms with van der Waals surface area (Å²) in [7, 11) is 1.89. The fraction of sp³-hybridized carbons (Fsp3) is 0.875. The molecule has 0 aliphatic heterocycles. The van der Waals surface area contributed by atoms with Crippen LogP contribution in [0.5, 0.6) is 0 Å². The van der Waals surface area contributed by atoms with E-state index in [1.807, 2.05) is 25.8 Å². The van der Waals surface area contributed by atoms with Gasteiger partial charge in [0.1, 0.15) is 0 Å². The Morgan fingerprint density at radius 1 is 1.14 bits per heavy atom. The Morgan fingerprint density at radius 2 is 1.71 bits per heavy atom. The van der Waals surface area contributed by atoms with Crippen LogP contribution in [0.3, 0.4) is 0 Å². The number of hydrogen-bond acceptors (Lipinski definition) is 2. The Bertz CT molecular complexity index is 336. The number of aliphatic carboxylic acids is 1. The average molecular weight is 298 g/mol. The first-order chi connectivity index (χ1) is 9.93. The van der Waals surface area contributed by atoms with E-state index in [0.29, 0.717) is 19.0 Å². The van der Waals surface area contributed by atoms with Crippen LogP contribution in [0.1, 0.15) is 65.2 Å². The number of hydrogen-bond donors (Lipinski definition) is 1. The first-order valence-corrected chi connectivity index (χ1v) is 8.18. The molecule has 21 heavy (non-hydrogen) atoms. The molecule has 5 nitrogen and oxygen atoms in total. The molecule has 0 aromatic rings. The lowest BCUT2D eigenvalue weighted by Crippen LogP contribution is -2.49. The second kappa shape index (κ2) is 8.90. The highest BCUT2D eigenvalue weighted by molar-refractivity contribution is 5.75. The van der Waals surface area contributed by atoms with Crippen molar-refractivity contribution in [2.75, 3.05) is 13.6 Å². The first-order valence-electron chi connectivity index (χ1n) is 8.18. The van der Waals surface area contributed by atoms with Crippen molar-refractivity contribution in [3.05, 3.63) is 0 Å². The summed E-state index contributed by atoms with van der Waals surface area (Å²) in [6.07, 6.45) is 7.73. The van der Waals surface area contributed by atoms with E-state index >= 15 is 0 Å². The van der Waals surface area contributed by atoms with Gasteiger partial charge in [0.25, 0.3) is 0 Å². The molecule has 0 aromatic carbocycles. The summed E-state index contributed by atoms with van der Waals surface area (Å²) < 4.78 is 0. The molecule has 1 aliphatic carbocycles. The second-order valence-electron chi connectivity index (χ2n) is 6.32. The van der Waals surface area contributed by atoms with E-state index in [2.05, 4.69) is 0 Å². The van der Waals surface area contributed by atoms with Crippen LogP contribution in [-0.2, 0) is 4.79 Å². The van der Waals surface area contributed by atoms with Crippen molar-refractivity contribution in [2.24, 2.45) is 0 Å². The number of carboxylic acids is 1. The van der Waals surface area contributed by atoms with Crippen LogP contribution in [0.2, 0.25) is 0 Å². The highest BCUT2D eigenvalue weighted by atomic mass is 16.4. The van der Waals surface area contributed by atoms with Crippen molar-refractivity contribution in [2.45, 2.75) is 77.3 Å². The molecule has 0 unspecified atom stereocenters. The molecule has 1 aliphatic rings. The molecule has 0 saturated heterocycles. The molecule has 1 saturated carbocycles. The summed E-state index contributed by atoms with van der Waals surface area (Å²) >= 11 is 0. The Balaban J connectivity index is 2.58. The summed E-state index contributed by atoms with van der Waals surface area (Å²) in [5.74, 6) is -0.803. The van der Waals surface area contributed by atoms with Gasteiger partial charge in [0.2, 0.25) is 0 Å². The third-order valence-electron chi connectivity index (χ3n) is 4.33. The fourth-order valence-corrected chi connectivity index (χ4v) is 2.98. The smallest absolute Gasteiger partial charge is 0.320 e. The summed E-state index contributed by atoms with van der Waals surface area (Å²) in [4.78, 5) is 27.0. The van der Waals surface area contributed by atoms with E-state index in [0.717, 1.165) is 12.8 Å². The van der Waals surface area contributed by atoms with Crippen molar-refractivity contribution in [1.29, 1.82) is 0 Å². The molecule has 0 atom stereocenters. The van der Waals surface area contributed by atoms with Gasteiger partial charge in [-0.05, 0) is 33.1 Å². The largest absolute Gasteiger partial charge is 0.481 e. The minimum atomic E-state index is -0.803. The van der Waals surface area contributed by atoms with Gasteiger partial charge in [0.05, 0.1) is 0 Å². The molecule has 0 heterocycles. The maximum atomic E-state index is 12.7. The molecule has 0 spiro atoms. The monoisotopic (exact) mass is 298 g/mol. The third-order valence-corrected chi connectivity index (χ3v) is 4.33. The van der Waals surface area contributed by atoms with Gasteiger partial charge < -0.3 is 14.9 Å². The molecular formula is C16H30N2O3. The van der Waals surface area contributed by atoms with Crippen molar-refractivity contribution >= 4 is 12.0 Å². The first kappa shape index (κ1) is 17.8. The number of urea groups is 1. The zero-order valence-electron chi connectivity index (χ0n) is 13.7. The number of amides is 2. The van der Waals surface area contributed by atoms with Gasteiger partial charge in [0, 0.05) is 32.1 Å². The quantitative estimate of drug-likeness (QED) is 0.765. The number of nitrogens with zero attached hydrogens (tertiary/aromatic N) is 2. The Hall–Kier alpha value is -1.26. The number of carboxylic acid groups (broad SMARTS) is 1. The Morgan fingerprint density at radius 3 is 2.19 bits per heavy atom. The number of rotatable bonds is 6. The highest BCUT2D eigenvalue weighted by Gasteiger charge is 2.26. The van der Waals surface area contributed by atoms with Crippen LogP contribution in [0, 0.1) is 0 Å². The van der Waals surface area contributed by atoms with E-state index in [1.165, 1.54) is 25.7 Å². The molecule has 0 bridgehead atoms. The van der Waals surface area contributed by atoms with Crippen molar-refractivity contribution in [1.82, 2.24) is 9.80 Å². The molecule has 0 aromatic heterocycles. The molecule has 5 heteroatoms. The van der Waals surface area contributed by atoms with Crippen LogP contribution in [0.4, 0.5) is 4.79 Å². The van der Waals surface area contributed by atoms with Gasteiger partial charge in [-0.1, -0.05) is 25.7 Å². The van der Waals surface area contributed by atoms with Crippen LogP contribution in [-0.4, -0.2) is 52.6 Å². The summed E-state index contributed by atoms with van der Waals surface area (Å²) in [6.45, 7) is 4.49. The minimum Gasteiger partial charge on any atom is -0.481 e. The van der Waals surface area contributed by atoms with E-state index in [9.17, 15) is 9.59 Å². The highest BCUT2D eigenvalue weighted by Crippen LogP contribution is 2.22. The van der Waals surface area contributed by atoms with Gasteiger partial charge in [-0.2, -0.15) is 0 Å². The van der Waals surface area contributed by atoms with Crippen LogP contribution < -0.4 is 0 Å². The predicted octanol–water partition coefficient (Wildman–Crippen LogP) is 3.34. The van der Waals surface area contributed by atoms with Gasteiger partial charge in [0.15, 0.2) is 0 Å². The van der Waals surface area contributed by atoms with Crippen molar-refractivity contribution < 1.29 is 14.7 Å². The minimum absolute atomic E-state index is 0.0438. The van der Waals surface area contributed by atoms with Gasteiger partial charge in [-0.25, -0.2) is 4.79 Å². The standard InChI is InChI=1S/C16H30N2O3/c1-13(2)18(12-8-11-15(19)20)16(21)17(3)14-9-6-4-5-7-10-14/h13-14H,4-12H2,1-3H3,(H,19,20). The van der Waals surface area contributed by atoms with E-state index in [4.69, 9.17) is 5.11 Å². The molecule has 1 N–H and O–H groups in total. The Labute approximate surface area is 128 Å². The maximum Gasteiger partial charge on any atom is 0.320 e. The fourth-order valence-electron chi connectivity index (χ4n) is 2.98. The molecule has 2 amide bonds. The summed E-state index contributed by atoms with van der Waals surface area (Å²) in [5, 5.41) is 8.73. The number of carbonyl (C=O) groups excluding carboxylic acids is 1. The van der Waals surface area contributed by atoms with E-state index < -0.39 is 5.97 Å². The Kier molecular flexibility index (Phi) is 7.54. The van der Waals surface area contributed by atoms with Crippen LogP contribution >= 0.6 is 0 Å². The topological polar surface area (TPSA) is 60.9 Å². The predicted molar refractivity (Wildman–Crippen MR) is 83.4 cm³/mol. The van der Waals surface area contributed by atoms with Gasteiger partial charge >= 0.3 is 12.0 Å². The van der Waals surface area contributed by atoms with Crippen molar-refractivity contribution in [3.8, 4) is 0 Å². The maximum absolute atomic E-state index is 12.7. The molecule has 0 radical (unpaired) electrons. The molecular weight excluding hydrogens is 268 g/mol. The van der Waals surface area contributed by atoms with Gasteiger partial charge in [-0.3, -0.25) is 4.79 Å². The van der Waals surface area contributed by atoms with Crippen LogP contribution in [0.25, 0.3) is 0 Å². The number of carbonyl (C=O) groups is 2. The summed E-state index contributed by atoms with van der Waals surface area (Å²) in [6, 6.07) is 0.475.